The van der Waals surface area contributed by atoms with Gasteiger partial charge < -0.3 is 15.4 Å². The summed E-state index contributed by atoms with van der Waals surface area (Å²) >= 11 is 0. The summed E-state index contributed by atoms with van der Waals surface area (Å²) in [6.07, 6.45) is 4.52. The number of carbonyl (C=O) groups excluding carboxylic acids is 1. The summed E-state index contributed by atoms with van der Waals surface area (Å²) in [5, 5.41) is 0. The van der Waals surface area contributed by atoms with Gasteiger partial charge in [-0.05, 0) is 57.2 Å². The van der Waals surface area contributed by atoms with Gasteiger partial charge in [-0.25, -0.2) is 13.1 Å². The number of piperidine rings is 1. The first-order chi connectivity index (χ1) is 12.3. The number of rotatable bonds is 6. The summed E-state index contributed by atoms with van der Waals surface area (Å²) in [6, 6.07) is 4.40. The lowest BCUT2D eigenvalue weighted by atomic mass is 9.96. The number of likely N-dealkylation sites (tertiary alicyclic amines) is 1. The third kappa shape index (κ3) is 4.93. The van der Waals surface area contributed by atoms with Crippen molar-refractivity contribution in [3.8, 4) is 5.75 Å². The molecule has 1 amide bonds. The van der Waals surface area contributed by atoms with Gasteiger partial charge in [0.25, 0.3) is 5.91 Å². The minimum absolute atomic E-state index is 0. The molecule has 0 aromatic heterocycles. The van der Waals surface area contributed by atoms with E-state index in [4.69, 9.17) is 10.5 Å². The number of ether oxygens (including phenoxy) is 1. The number of carbonyl (C=O) groups is 1. The average Bonchev–Trinajstić information content (AvgIpc) is 3.43. The summed E-state index contributed by atoms with van der Waals surface area (Å²) in [5.41, 5.74) is 6.40. The maximum Gasteiger partial charge on any atom is 0.254 e. The van der Waals surface area contributed by atoms with Crippen LogP contribution in [0, 0.1) is 0 Å². The fraction of sp³-hybridized carbons (Fsp3) is 0.611. The summed E-state index contributed by atoms with van der Waals surface area (Å²) in [5.74, 6) is 0.0506. The number of hydrogen-bond acceptors (Lipinski definition) is 5. The molecule has 1 aliphatic heterocycles. The average molecular weight is 418 g/mol. The molecular weight excluding hydrogens is 390 g/mol. The maximum atomic E-state index is 13.0. The highest BCUT2D eigenvalue weighted by Gasteiger charge is 2.33. The van der Waals surface area contributed by atoms with Crippen LogP contribution in [-0.4, -0.2) is 51.0 Å². The molecule has 27 heavy (non-hydrogen) atoms. The Kier molecular flexibility index (Phi) is 7.13. The molecule has 3 rings (SSSR count). The number of nitrogens with zero attached hydrogens (tertiary/aromatic N) is 1. The van der Waals surface area contributed by atoms with Crippen LogP contribution < -0.4 is 15.2 Å². The van der Waals surface area contributed by atoms with Crippen LogP contribution >= 0.6 is 12.4 Å². The molecular formula is C18H28ClN3O4S. The first-order valence-electron chi connectivity index (χ1n) is 9.10. The predicted molar refractivity (Wildman–Crippen MR) is 106 cm³/mol. The van der Waals surface area contributed by atoms with Gasteiger partial charge in [-0.15, -0.1) is 12.4 Å². The van der Waals surface area contributed by atoms with Crippen molar-refractivity contribution in [3.05, 3.63) is 23.8 Å². The van der Waals surface area contributed by atoms with E-state index in [1.165, 1.54) is 13.2 Å². The van der Waals surface area contributed by atoms with Crippen LogP contribution in [0.1, 0.15) is 49.4 Å². The van der Waals surface area contributed by atoms with Gasteiger partial charge in [0.1, 0.15) is 10.6 Å². The van der Waals surface area contributed by atoms with E-state index in [2.05, 4.69) is 4.72 Å². The van der Waals surface area contributed by atoms with Gasteiger partial charge in [0.2, 0.25) is 10.0 Å². The van der Waals surface area contributed by atoms with Crippen molar-refractivity contribution in [3.63, 3.8) is 0 Å². The largest absolute Gasteiger partial charge is 0.495 e. The molecule has 3 N–H and O–H groups in total. The number of benzene rings is 1. The number of halogens is 1. The SMILES string of the molecule is COc1ccc(C(=O)N2CCCCC2C(C)N)cc1S(=O)(=O)NC1CC1.Cl. The quantitative estimate of drug-likeness (QED) is 0.736. The van der Waals surface area contributed by atoms with E-state index >= 15 is 0 Å². The van der Waals surface area contributed by atoms with Gasteiger partial charge in [0.05, 0.1) is 7.11 Å². The second-order valence-corrected chi connectivity index (χ2v) is 8.86. The fourth-order valence-corrected chi connectivity index (χ4v) is 4.93. The van der Waals surface area contributed by atoms with Crippen LogP contribution in [0.5, 0.6) is 5.75 Å². The summed E-state index contributed by atoms with van der Waals surface area (Å²) in [4.78, 5) is 14.8. The zero-order chi connectivity index (χ0) is 18.9. The van der Waals surface area contributed by atoms with Gasteiger partial charge in [-0.3, -0.25) is 4.79 Å². The van der Waals surface area contributed by atoms with Crippen LogP contribution in [0.4, 0.5) is 0 Å². The lowest BCUT2D eigenvalue weighted by Gasteiger charge is -2.38. The Bertz CT molecular complexity index is 781. The Morgan fingerprint density at radius 1 is 1.30 bits per heavy atom. The van der Waals surface area contributed by atoms with Crippen LogP contribution in [0.15, 0.2) is 23.1 Å². The molecule has 9 heteroatoms. The van der Waals surface area contributed by atoms with E-state index in [9.17, 15) is 13.2 Å². The monoisotopic (exact) mass is 417 g/mol. The molecule has 0 bridgehead atoms. The first kappa shape index (κ1) is 21.9. The van der Waals surface area contributed by atoms with Gasteiger partial charge in [-0.2, -0.15) is 0 Å². The standard InChI is InChI=1S/C18H27N3O4S.ClH/c1-12(19)15-5-3-4-10-21(15)18(22)13-6-9-16(25-2)17(11-13)26(23,24)20-14-7-8-14;/h6,9,11-12,14-15,20H,3-5,7-8,10,19H2,1-2H3;1H. The van der Waals surface area contributed by atoms with Crippen LogP contribution in [0.3, 0.4) is 0 Å². The van der Waals surface area contributed by atoms with Crippen molar-refractivity contribution in [2.24, 2.45) is 5.73 Å². The third-order valence-corrected chi connectivity index (χ3v) is 6.56. The van der Waals surface area contributed by atoms with Crippen LogP contribution in [-0.2, 0) is 10.0 Å². The highest BCUT2D eigenvalue weighted by molar-refractivity contribution is 7.89. The van der Waals surface area contributed by atoms with Crippen molar-refractivity contribution in [1.29, 1.82) is 0 Å². The fourth-order valence-electron chi connectivity index (χ4n) is 3.43. The van der Waals surface area contributed by atoms with Gasteiger partial charge in [0, 0.05) is 30.2 Å². The molecule has 1 saturated carbocycles. The molecule has 1 heterocycles. The molecule has 1 saturated heterocycles. The Hall–Kier alpha value is -1.35. The molecule has 0 radical (unpaired) electrons. The Labute approximate surface area is 167 Å². The molecule has 152 valence electrons. The van der Waals surface area contributed by atoms with E-state index in [-0.39, 0.29) is 47.1 Å². The molecule has 7 nitrogen and oxygen atoms in total. The van der Waals surface area contributed by atoms with Crippen molar-refractivity contribution in [2.75, 3.05) is 13.7 Å². The molecule has 1 aromatic carbocycles. The van der Waals surface area contributed by atoms with Crippen LogP contribution in [0.2, 0.25) is 0 Å². The van der Waals surface area contributed by atoms with E-state index < -0.39 is 10.0 Å². The second-order valence-electron chi connectivity index (χ2n) is 7.18. The predicted octanol–water partition coefficient (Wildman–Crippen LogP) is 1.90. The van der Waals surface area contributed by atoms with E-state index in [1.54, 1.807) is 17.0 Å². The Morgan fingerprint density at radius 3 is 2.59 bits per heavy atom. The van der Waals surface area contributed by atoms with Gasteiger partial charge in [0.15, 0.2) is 0 Å². The van der Waals surface area contributed by atoms with Gasteiger partial charge in [-0.1, -0.05) is 0 Å². The smallest absolute Gasteiger partial charge is 0.254 e. The lowest BCUT2D eigenvalue weighted by molar-refractivity contribution is 0.0583. The second kappa shape index (κ2) is 8.77. The number of hydrogen-bond donors (Lipinski definition) is 2. The molecule has 1 aromatic rings. The summed E-state index contributed by atoms with van der Waals surface area (Å²) in [7, 11) is -2.31. The lowest BCUT2D eigenvalue weighted by Crippen LogP contribution is -2.51. The minimum Gasteiger partial charge on any atom is -0.495 e. The molecule has 2 unspecified atom stereocenters. The zero-order valence-electron chi connectivity index (χ0n) is 15.7. The first-order valence-corrected chi connectivity index (χ1v) is 10.6. The van der Waals surface area contributed by atoms with E-state index in [1.807, 2.05) is 6.92 Å². The van der Waals surface area contributed by atoms with E-state index in [0.717, 1.165) is 32.1 Å². The van der Waals surface area contributed by atoms with Gasteiger partial charge >= 0.3 is 0 Å². The van der Waals surface area contributed by atoms with E-state index in [0.29, 0.717) is 12.1 Å². The number of methoxy groups -OCH3 is 1. The minimum atomic E-state index is -3.73. The number of sulfonamides is 1. The molecule has 1 aliphatic carbocycles. The highest BCUT2D eigenvalue weighted by atomic mass is 35.5. The topological polar surface area (TPSA) is 102 Å². The Morgan fingerprint density at radius 2 is 2.00 bits per heavy atom. The number of nitrogens with two attached hydrogens (primary N) is 1. The molecule has 2 fully saturated rings. The number of nitrogens with one attached hydrogen (secondary N) is 1. The molecule has 2 atom stereocenters. The normalized spacial score (nSPS) is 21.3. The maximum absolute atomic E-state index is 13.0. The summed E-state index contributed by atoms with van der Waals surface area (Å²) in [6.45, 7) is 2.54. The van der Waals surface area contributed by atoms with Crippen molar-refractivity contribution < 1.29 is 17.9 Å². The van der Waals surface area contributed by atoms with Crippen molar-refractivity contribution in [2.45, 2.75) is 62.0 Å². The van der Waals surface area contributed by atoms with Crippen molar-refractivity contribution >= 4 is 28.3 Å². The molecule has 2 aliphatic rings. The van der Waals surface area contributed by atoms with Crippen LogP contribution in [0.25, 0.3) is 0 Å². The van der Waals surface area contributed by atoms with Crippen molar-refractivity contribution in [1.82, 2.24) is 9.62 Å². The zero-order valence-corrected chi connectivity index (χ0v) is 17.3. The third-order valence-electron chi connectivity index (χ3n) is 5.02. The summed E-state index contributed by atoms with van der Waals surface area (Å²) < 4.78 is 33.2. The number of amides is 1. The molecule has 0 spiro atoms. The highest BCUT2D eigenvalue weighted by Crippen LogP contribution is 2.29. The Balaban J connectivity index is 0.00000261.